The van der Waals surface area contributed by atoms with Crippen LogP contribution >= 0.6 is 11.3 Å². The predicted octanol–water partition coefficient (Wildman–Crippen LogP) is 1.16. The Labute approximate surface area is 112 Å². The summed E-state index contributed by atoms with van der Waals surface area (Å²) in [6, 6.07) is 2.04. The van der Waals surface area contributed by atoms with E-state index in [0.717, 1.165) is 13.0 Å². The second-order valence-electron chi connectivity index (χ2n) is 5.34. The van der Waals surface area contributed by atoms with Crippen molar-refractivity contribution in [3.63, 3.8) is 0 Å². The molecule has 0 bridgehead atoms. The van der Waals surface area contributed by atoms with Gasteiger partial charge in [0.05, 0.1) is 12.1 Å². The summed E-state index contributed by atoms with van der Waals surface area (Å²) < 4.78 is 0. The number of aliphatic hydroxyl groups is 1. The van der Waals surface area contributed by atoms with Crippen LogP contribution in [0, 0.1) is 0 Å². The Bertz CT molecular complexity index is 403. The van der Waals surface area contributed by atoms with Crippen molar-refractivity contribution in [3.8, 4) is 0 Å². The Kier molecular flexibility index (Phi) is 4.04. The Hall–Kier alpha value is -0.910. The molecule has 100 valence electrons. The molecule has 5 heteroatoms. The van der Waals surface area contributed by atoms with E-state index < -0.39 is 5.60 Å². The van der Waals surface area contributed by atoms with Crippen molar-refractivity contribution in [1.29, 1.82) is 0 Å². The van der Waals surface area contributed by atoms with E-state index >= 15 is 0 Å². The highest BCUT2D eigenvalue weighted by atomic mass is 32.1. The highest BCUT2D eigenvalue weighted by Crippen LogP contribution is 2.20. The summed E-state index contributed by atoms with van der Waals surface area (Å²) in [7, 11) is 1.83. The summed E-state index contributed by atoms with van der Waals surface area (Å²) in [5, 5.41) is 13.9. The average molecular weight is 268 g/mol. The minimum Gasteiger partial charge on any atom is -0.389 e. The molecule has 1 unspecified atom stereocenters. The van der Waals surface area contributed by atoms with E-state index in [1.807, 2.05) is 30.3 Å². The second kappa shape index (κ2) is 5.38. The topological polar surface area (TPSA) is 43.8 Å². The predicted molar refractivity (Wildman–Crippen MR) is 72.5 cm³/mol. The smallest absolute Gasteiger partial charge is 0.236 e. The maximum absolute atomic E-state index is 12.0. The molecule has 1 aromatic heterocycles. The van der Waals surface area contributed by atoms with Crippen molar-refractivity contribution in [1.82, 2.24) is 9.80 Å². The van der Waals surface area contributed by atoms with Crippen LogP contribution < -0.4 is 0 Å². The van der Waals surface area contributed by atoms with Gasteiger partial charge in [-0.15, -0.1) is 0 Å². The largest absolute Gasteiger partial charge is 0.389 e. The van der Waals surface area contributed by atoms with Gasteiger partial charge < -0.3 is 10.0 Å². The Balaban J connectivity index is 1.81. The van der Waals surface area contributed by atoms with Gasteiger partial charge in [-0.3, -0.25) is 9.69 Å². The fourth-order valence-electron chi connectivity index (χ4n) is 2.23. The molecule has 2 rings (SSSR count). The molecule has 1 fully saturated rings. The minimum absolute atomic E-state index is 0.110. The van der Waals surface area contributed by atoms with Gasteiger partial charge in [0.25, 0.3) is 0 Å². The number of β-amino-alcohol motifs (C(OH)–C–C–N with tert-alkyl or cyclic N) is 1. The number of nitrogens with zero attached hydrogens (tertiary/aromatic N) is 2. The van der Waals surface area contributed by atoms with Gasteiger partial charge in [0.1, 0.15) is 0 Å². The quantitative estimate of drug-likeness (QED) is 0.891. The standard InChI is InChI=1S/C13H20N2O2S/c1-13(17)4-5-15(10-13)8-12(16)14(2)7-11-3-6-18-9-11/h3,6,9,17H,4-5,7-8,10H2,1-2H3. The fourth-order valence-corrected chi connectivity index (χ4v) is 2.89. The summed E-state index contributed by atoms with van der Waals surface area (Å²) in [5.74, 6) is 0.110. The zero-order valence-electron chi connectivity index (χ0n) is 10.9. The molecule has 0 aliphatic carbocycles. The first-order valence-corrected chi connectivity index (χ1v) is 7.10. The molecule has 0 spiro atoms. The molecule has 0 aromatic carbocycles. The lowest BCUT2D eigenvalue weighted by molar-refractivity contribution is -0.131. The number of hydrogen-bond acceptors (Lipinski definition) is 4. The van der Waals surface area contributed by atoms with Crippen molar-refractivity contribution in [3.05, 3.63) is 22.4 Å². The van der Waals surface area contributed by atoms with Crippen LogP contribution in [0.15, 0.2) is 16.8 Å². The minimum atomic E-state index is -0.633. The molecule has 18 heavy (non-hydrogen) atoms. The maximum atomic E-state index is 12.0. The molecule has 1 atom stereocenters. The lowest BCUT2D eigenvalue weighted by Crippen LogP contribution is -2.38. The van der Waals surface area contributed by atoms with Crippen LogP contribution in [0.3, 0.4) is 0 Å². The van der Waals surface area contributed by atoms with E-state index in [9.17, 15) is 9.90 Å². The van der Waals surface area contributed by atoms with Crippen molar-refractivity contribution >= 4 is 17.2 Å². The SMILES string of the molecule is CN(Cc1ccsc1)C(=O)CN1CCC(C)(O)C1. The second-order valence-corrected chi connectivity index (χ2v) is 6.12. The van der Waals surface area contributed by atoms with Crippen LogP contribution in [-0.4, -0.2) is 53.1 Å². The van der Waals surface area contributed by atoms with Crippen molar-refractivity contribution in [2.75, 3.05) is 26.7 Å². The maximum Gasteiger partial charge on any atom is 0.236 e. The normalized spacial score (nSPS) is 24.4. The molecular formula is C13H20N2O2S. The number of likely N-dealkylation sites (tertiary alicyclic amines) is 1. The van der Waals surface area contributed by atoms with Gasteiger partial charge in [0, 0.05) is 26.7 Å². The number of rotatable bonds is 4. The fraction of sp³-hybridized carbons (Fsp3) is 0.615. The average Bonchev–Trinajstić information content (AvgIpc) is 2.88. The summed E-state index contributed by atoms with van der Waals surface area (Å²) in [6.07, 6.45) is 0.745. The number of carbonyl (C=O) groups is 1. The van der Waals surface area contributed by atoms with E-state index in [1.165, 1.54) is 5.56 Å². The first-order valence-electron chi connectivity index (χ1n) is 6.16. The highest BCUT2D eigenvalue weighted by Gasteiger charge is 2.32. The zero-order chi connectivity index (χ0) is 13.2. The lowest BCUT2D eigenvalue weighted by atomic mass is 10.1. The Morgan fingerprint density at radius 1 is 1.67 bits per heavy atom. The molecule has 4 nitrogen and oxygen atoms in total. The van der Waals surface area contributed by atoms with Crippen LogP contribution in [0.2, 0.25) is 0 Å². The van der Waals surface area contributed by atoms with Crippen molar-refractivity contribution in [2.45, 2.75) is 25.5 Å². The van der Waals surface area contributed by atoms with E-state index in [0.29, 0.717) is 19.6 Å². The first-order chi connectivity index (χ1) is 8.46. The molecule has 1 amide bonds. The van der Waals surface area contributed by atoms with Gasteiger partial charge in [0.2, 0.25) is 5.91 Å². The Morgan fingerprint density at radius 2 is 2.44 bits per heavy atom. The van der Waals surface area contributed by atoms with Gasteiger partial charge in [0.15, 0.2) is 0 Å². The van der Waals surface area contributed by atoms with E-state index in [2.05, 4.69) is 5.38 Å². The number of amides is 1. The van der Waals surface area contributed by atoms with E-state index in [4.69, 9.17) is 0 Å². The van der Waals surface area contributed by atoms with E-state index in [-0.39, 0.29) is 5.91 Å². The molecule has 0 saturated carbocycles. The van der Waals surface area contributed by atoms with Gasteiger partial charge >= 0.3 is 0 Å². The van der Waals surface area contributed by atoms with Gasteiger partial charge in [-0.05, 0) is 35.7 Å². The van der Waals surface area contributed by atoms with Crippen LogP contribution in [0.1, 0.15) is 18.9 Å². The van der Waals surface area contributed by atoms with Gasteiger partial charge in [-0.2, -0.15) is 11.3 Å². The lowest BCUT2D eigenvalue weighted by Gasteiger charge is -2.22. The summed E-state index contributed by atoms with van der Waals surface area (Å²) in [5.41, 5.74) is 0.538. The monoisotopic (exact) mass is 268 g/mol. The molecule has 2 heterocycles. The molecule has 1 aliphatic rings. The van der Waals surface area contributed by atoms with E-state index in [1.54, 1.807) is 16.2 Å². The van der Waals surface area contributed by atoms with Crippen molar-refractivity contribution in [2.24, 2.45) is 0 Å². The number of likely N-dealkylation sites (N-methyl/N-ethyl adjacent to an activating group) is 1. The highest BCUT2D eigenvalue weighted by molar-refractivity contribution is 7.07. The van der Waals surface area contributed by atoms with Gasteiger partial charge in [-0.25, -0.2) is 0 Å². The molecule has 1 aromatic rings. The van der Waals surface area contributed by atoms with Crippen LogP contribution in [0.4, 0.5) is 0 Å². The van der Waals surface area contributed by atoms with Crippen LogP contribution in [-0.2, 0) is 11.3 Å². The summed E-state index contributed by atoms with van der Waals surface area (Å²) in [4.78, 5) is 15.8. The number of hydrogen-bond donors (Lipinski definition) is 1. The molecule has 1 saturated heterocycles. The van der Waals surface area contributed by atoms with Crippen molar-refractivity contribution < 1.29 is 9.90 Å². The molecule has 0 radical (unpaired) electrons. The van der Waals surface area contributed by atoms with Gasteiger partial charge in [-0.1, -0.05) is 0 Å². The van der Waals surface area contributed by atoms with Crippen LogP contribution in [0.25, 0.3) is 0 Å². The zero-order valence-corrected chi connectivity index (χ0v) is 11.7. The third-order valence-electron chi connectivity index (χ3n) is 3.32. The van der Waals surface area contributed by atoms with Crippen LogP contribution in [0.5, 0.6) is 0 Å². The molecule has 1 aliphatic heterocycles. The summed E-state index contributed by atoms with van der Waals surface area (Å²) >= 11 is 1.64. The Morgan fingerprint density at radius 3 is 3.00 bits per heavy atom. The third-order valence-corrected chi connectivity index (χ3v) is 4.05. The molecular weight excluding hydrogens is 248 g/mol. The summed E-state index contributed by atoms with van der Waals surface area (Å²) in [6.45, 7) is 4.27. The third kappa shape index (κ3) is 3.54. The number of carbonyl (C=O) groups excluding carboxylic acids is 1. The first kappa shape index (κ1) is 13.5. The number of thiophene rings is 1. The molecule has 1 N–H and O–H groups in total.